The van der Waals surface area contributed by atoms with E-state index in [-0.39, 0.29) is 12.0 Å². The number of hydrogen-bond acceptors (Lipinski definition) is 5. The van der Waals surface area contributed by atoms with E-state index < -0.39 is 16.4 Å². The third-order valence-electron chi connectivity index (χ3n) is 3.45. The zero-order valence-electron chi connectivity index (χ0n) is 13.6. The molecule has 1 aliphatic heterocycles. The minimum atomic E-state index is -1.24. The Morgan fingerprint density at radius 2 is 1.91 bits per heavy atom. The van der Waals surface area contributed by atoms with Gasteiger partial charge in [0.2, 0.25) is 5.16 Å². The summed E-state index contributed by atoms with van der Waals surface area (Å²) in [5, 5.41) is 0.736. The average molecular weight is 360 g/mol. The van der Waals surface area contributed by atoms with Gasteiger partial charge in [0.05, 0.1) is 28.2 Å². The van der Waals surface area contributed by atoms with Crippen LogP contribution in [0, 0.1) is 5.92 Å². The monoisotopic (exact) mass is 359 g/mol. The fourth-order valence-corrected chi connectivity index (χ4v) is 3.66. The highest BCUT2D eigenvalue weighted by Gasteiger charge is 2.28. The van der Waals surface area contributed by atoms with Crippen molar-refractivity contribution >= 4 is 28.5 Å². The Hall–Kier alpha value is -1.21. The fourth-order valence-electron chi connectivity index (χ4n) is 2.32. The molecule has 8 heteroatoms. The van der Waals surface area contributed by atoms with E-state index in [1.165, 1.54) is 12.4 Å². The van der Waals surface area contributed by atoms with Crippen molar-refractivity contribution in [2.24, 2.45) is 5.92 Å². The van der Waals surface area contributed by atoms with Crippen molar-refractivity contribution in [2.75, 3.05) is 18.8 Å². The predicted molar refractivity (Wildman–Crippen MR) is 88.8 cm³/mol. The topological polar surface area (TPSA) is 72.4 Å². The van der Waals surface area contributed by atoms with Crippen LogP contribution in [0.1, 0.15) is 33.6 Å². The van der Waals surface area contributed by atoms with Crippen molar-refractivity contribution < 1.29 is 13.7 Å². The lowest BCUT2D eigenvalue weighted by Crippen LogP contribution is -2.42. The first-order chi connectivity index (χ1) is 10.7. The molecule has 128 valence electrons. The summed E-state index contributed by atoms with van der Waals surface area (Å²) in [6, 6.07) is 0. The Labute approximate surface area is 144 Å². The van der Waals surface area contributed by atoms with Gasteiger partial charge in [0.1, 0.15) is 5.60 Å². The Balaban J connectivity index is 1.81. The minimum Gasteiger partial charge on any atom is -0.444 e. The predicted octanol–water partition coefficient (Wildman–Crippen LogP) is 2.88. The molecule has 1 fully saturated rings. The van der Waals surface area contributed by atoms with Gasteiger partial charge in [-0.1, -0.05) is 11.6 Å². The van der Waals surface area contributed by atoms with Crippen molar-refractivity contribution in [1.29, 1.82) is 0 Å². The van der Waals surface area contributed by atoms with Gasteiger partial charge in [-0.3, -0.25) is 4.21 Å². The van der Waals surface area contributed by atoms with Crippen LogP contribution >= 0.6 is 11.6 Å². The molecule has 0 spiro atoms. The zero-order valence-corrected chi connectivity index (χ0v) is 15.2. The van der Waals surface area contributed by atoms with E-state index in [1.807, 2.05) is 20.8 Å². The number of nitrogens with zero attached hydrogens (tertiary/aromatic N) is 3. The van der Waals surface area contributed by atoms with Gasteiger partial charge in [-0.15, -0.1) is 0 Å². The van der Waals surface area contributed by atoms with Gasteiger partial charge in [0, 0.05) is 18.8 Å². The van der Waals surface area contributed by atoms with Crippen molar-refractivity contribution in [2.45, 2.75) is 44.4 Å². The highest BCUT2D eigenvalue weighted by Crippen LogP contribution is 2.21. The first-order valence-electron chi connectivity index (χ1n) is 7.58. The van der Waals surface area contributed by atoms with Crippen molar-refractivity contribution in [1.82, 2.24) is 14.9 Å². The molecule has 2 heterocycles. The number of piperidine rings is 1. The molecule has 0 aliphatic carbocycles. The molecule has 1 aromatic rings. The van der Waals surface area contributed by atoms with Crippen LogP contribution in [0.3, 0.4) is 0 Å². The van der Waals surface area contributed by atoms with Crippen LogP contribution in [0.15, 0.2) is 17.6 Å². The van der Waals surface area contributed by atoms with Crippen LogP contribution in [-0.2, 0) is 15.5 Å². The van der Waals surface area contributed by atoms with Crippen LogP contribution in [0.4, 0.5) is 4.79 Å². The minimum absolute atomic E-state index is 0.280. The largest absolute Gasteiger partial charge is 0.444 e. The van der Waals surface area contributed by atoms with Gasteiger partial charge in [-0.2, -0.15) is 0 Å². The van der Waals surface area contributed by atoms with E-state index in [1.54, 1.807) is 4.90 Å². The van der Waals surface area contributed by atoms with E-state index in [0.717, 1.165) is 12.8 Å². The number of hydrogen-bond donors (Lipinski definition) is 0. The second-order valence-corrected chi connectivity index (χ2v) is 8.43. The number of likely N-dealkylation sites (tertiary alicyclic amines) is 1. The normalized spacial score (nSPS) is 17.8. The summed E-state index contributed by atoms with van der Waals surface area (Å²) in [6.07, 6.45) is 4.23. The summed E-state index contributed by atoms with van der Waals surface area (Å²) in [5.74, 6) is 0.790. The van der Waals surface area contributed by atoms with Crippen molar-refractivity contribution in [3.05, 3.63) is 17.4 Å². The fraction of sp³-hybridized carbons (Fsp3) is 0.667. The molecule has 1 atom stereocenters. The standard InChI is InChI=1S/C15H22ClN3O3S/c1-15(2,3)22-14(20)19-6-4-11(5-7-19)10-23(21)13-17-8-12(16)9-18-13/h8-9,11H,4-7,10H2,1-3H3/t23-/m0/s1. The first kappa shape index (κ1) is 18.1. The molecule has 0 N–H and O–H groups in total. The summed E-state index contributed by atoms with van der Waals surface area (Å²) < 4.78 is 17.6. The third-order valence-corrected chi connectivity index (χ3v) is 5.04. The average Bonchev–Trinajstić information content (AvgIpc) is 2.46. The quantitative estimate of drug-likeness (QED) is 0.776. The molecule has 1 aliphatic rings. The molecule has 0 saturated carbocycles. The smallest absolute Gasteiger partial charge is 0.410 e. The summed E-state index contributed by atoms with van der Waals surface area (Å²) >= 11 is 5.73. The lowest BCUT2D eigenvalue weighted by atomic mass is 9.99. The molecule has 0 unspecified atom stereocenters. The van der Waals surface area contributed by atoms with Crippen molar-refractivity contribution in [3.8, 4) is 0 Å². The Bertz CT molecular complexity index is 566. The van der Waals surface area contributed by atoms with Crippen LogP contribution in [-0.4, -0.2) is 49.6 Å². The molecule has 1 saturated heterocycles. The maximum Gasteiger partial charge on any atom is 0.410 e. The maximum absolute atomic E-state index is 12.3. The van der Waals surface area contributed by atoms with E-state index >= 15 is 0 Å². The highest BCUT2D eigenvalue weighted by atomic mass is 35.5. The van der Waals surface area contributed by atoms with Gasteiger partial charge < -0.3 is 9.64 Å². The lowest BCUT2D eigenvalue weighted by Gasteiger charge is -2.33. The summed E-state index contributed by atoms with van der Waals surface area (Å²) in [6.45, 7) is 6.81. The molecular weight excluding hydrogens is 338 g/mol. The second kappa shape index (κ2) is 7.57. The Morgan fingerprint density at radius 1 is 1.35 bits per heavy atom. The van der Waals surface area contributed by atoms with Crippen LogP contribution in [0.2, 0.25) is 5.02 Å². The van der Waals surface area contributed by atoms with E-state index in [9.17, 15) is 9.00 Å². The van der Waals surface area contributed by atoms with Gasteiger partial charge in [0.15, 0.2) is 0 Å². The van der Waals surface area contributed by atoms with Crippen LogP contribution in [0.5, 0.6) is 0 Å². The number of halogens is 1. The molecule has 0 radical (unpaired) electrons. The number of aromatic nitrogens is 2. The van der Waals surface area contributed by atoms with Gasteiger partial charge >= 0.3 is 6.09 Å². The number of rotatable bonds is 3. The number of ether oxygens (including phenoxy) is 1. The molecule has 1 aromatic heterocycles. The molecule has 0 bridgehead atoms. The highest BCUT2D eigenvalue weighted by molar-refractivity contribution is 7.84. The van der Waals surface area contributed by atoms with Gasteiger partial charge in [0.25, 0.3) is 0 Å². The SMILES string of the molecule is CC(C)(C)OC(=O)N1CCC(C[S@](=O)c2ncc(Cl)cn2)CC1. The van der Waals surface area contributed by atoms with Crippen molar-refractivity contribution in [3.63, 3.8) is 0 Å². The maximum atomic E-state index is 12.3. The molecule has 23 heavy (non-hydrogen) atoms. The van der Waals surface area contributed by atoms with Gasteiger partial charge in [-0.25, -0.2) is 14.8 Å². The lowest BCUT2D eigenvalue weighted by molar-refractivity contribution is 0.0191. The van der Waals surface area contributed by atoms with Crippen LogP contribution < -0.4 is 0 Å². The molecule has 1 amide bonds. The number of amides is 1. The number of carbonyl (C=O) groups is 1. The summed E-state index contributed by atoms with van der Waals surface area (Å²) in [5.41, 5.74) is -0.485. The summed E-state index contributed by atoms with van der Waals surface area (Å²) in [7, 11) is -1.24. The Morgan fingerprint density at radius 3 is 2.43 bits per heavy atom. The third kappa shape index (κ3) is 5.73. The van der Waals surface area contributed by atoms with Crippen LogP contribution in [0.25, 0.3) is 0 Å². The van der Waals surface area contributed by atoms with E-state index in [2.05, 4.69) is 9.97 Å². The number of carbonyl (C=O) groups excluding carboxylic acids is 1. The first-order valence-corrected chi connectivity index (χ1v) is 9.28. The molecule has 0 aromatic carbocycles. The Kier molecular flexibility index (Phi) is 5.97. The van der Waals surface area contributed by atoms with E-state index in [0.29, 0.717) is 29.0 Å². The van der Waals surface area contributed by atoms with E-state index in [4.69, 9.17) is 16.3 Å². The molecule has 6 nitrogen and oxygen atoms in total. The summed E-state index contributed by atoms with van der Waals surface area (Å²) in [4.78, 5) is 21.7. The van der Waals surface area contributed by atoms with Gasteiger partial charge in [-0.05, 0) is 39.5 Å². The molecule has 2 rings (SSSR count). The molecular formula is C15H22ClN3O3S. The zero-order chi connectivity index (χ0) is 17.0. The second-order valence-electron chi connectivity index (χ2n) is 6.61.